The topological polar surface area (TPSA) is 46.2 Å². The summed E-state index contributed by atoms with van der Waals surface area (Å²) < 4.78 is 0. The molecule has 20 heavy (non-hydrogen) atoms. The van der Waals surface area contributed by atoms with E-state index in [4.69, 9.17) is 11.6 Å². The highest BCUT2D eigenvalue weighted by Crippen LogP contribution is 2.32. The van der Waals surface area contributed by atoms with Crippen LogP contribution in [0, 0.1) is 0 Å². The van der Waals surface area contributed by atoms with E-state index in [0.29, 0.717) is 27.9 Å². The van der Waals surface area contributed by atoms with E-state index >= 15 is 0 Å². The maximum Gasteiger partial charge on any atom is 0.196 e. The maximum atomic E-state index is 12.6. The zero-order valence-corrected chi connectivity index (χ0v) is 11.6. The predicted octanol–water partition coefficient (Wildman–Crippen LogP) is 3.46. The minimum Gasteiger partial charge on any atom is -0.369 e. The van der Waals surface area contributed by atoms with Gasteiger partial charge >= 0.3 is 0 Å². The number of hydrogen-bond donors (Lipinski definition) is 1. The van der Waals surface area contributed by atoms with Crippen LogP contribution in [0.25, 0.3) is 0 Å². The lowest BCUT2D eigenvalue weighted by molar-refractivity contribution is 0.0979. The fourth-order valence-electron chi connectivity index (χ4n) is 2.48. The van der Waals surface area contributed by atoms with Gasteiger partial charge in [0.25, 0.3) is 0 Å². The van der Waals surface area contributed by atoms with Gasteiger partial charge in [0.05, 0.1) is 11.1 Å². The molecule has 0 heterocycles. The molecule has 0 amide bonds. The molecule has 2 aromatic carbocycles. The highest BCUT2D eigenvalue weighted by molar-refractivity contribution is 6.30. The number of alkyl halides is 1. The molecule has 0 saturated heterocycles. The second-order valence-electron chi connectivity index (χ2n) is 4.69. The lowest BCUT2D eigenvalue weighted by atomic mass is 9.83. The first kappa shape index (κ1) is 12.9. The van der Waals surface area contributed by atoms with Crippen molar-refractivity contribution < 1.29 is 9.59 Å². The number of rotatable bonds is 2. The molecule has 0 aromatic heterocycles. The van der Waals surface area contributed by atoms with E-state index in [9.17, 15) is 9.59 Å². The Bertz CT molecular complexity index is 722. The largest absolute Gasteiger partial charge is 0.369 e. The summed E-state index contributed by atoms with van der Waals surface area (Å²) in [5, 5.41) is 3.01. The number of halogens is 1. The lowest BCUT2D eigenvalue weighted by Gasteiger charge is -2.21. The fourth-order valence-corrected chi connectivity index (χ4v) is 2.60. The monoisotopic (exact) mass is 285 g/mol. The van der Waals surface area contributed by atoms with Gasteiger partial charge in [-0.15, -0.1) is 0 Å². The van der Waals surface area contributed by atoms with E-state index in [2.05, 4.69) is 5.32 Å². The van der Waals surface area contributed by atoms with Gasteiger partial charge in [-0.2, -0.15) is 0 Å². The van der Waals surface area contributed by atoms with Crippen molar-refractivity contribution >= 4 is 28.9 Å². The Kier molecular flexibility index (Phi) is 3.07. The molecular formula is C16H12ClNO2. The van der Waals surface area contributed by atoms with Crippen molar-refractivity contribution in [3.8, 4) is 0 Å². The minimum atomic E-state index is -0.332. The normalized spacial score (nSPS) is 14.5. The zero-order valence-electron chi connectivity index (χ0n) is 10.8. The Hall–Kier alpha value is -2.13. The van der Waals surface area contributed by atoms with E-state index in [-0.39, 0.29) is 17.1 Å². The Morgan fingerprint density at radius 1 is 0.900 bits per heavy atom. The van der Waals surface area contributed by atoms with Crippen molar-refractivity contribution in [2.24, 2.45) is 0 Å². The van der Waals surface area contributed by atoms with Gasteiger partial charge in [-0.05, 0) is 13.0 Å². The maximum absolute atomic E-state index is 12.6. The van der Waals surface area contributed by atoms with Gasteiger partial charge in [0, 0.05) is 22.4 Å². The molecule has 0 bridgehead atoms. The average molecular weight is 286 g/mol. The summed E-state index contributed by atoms with van der Waals surface area (Å²) in [4.78, 5) is 25.1. The molecule has 0 radical (unpaired) electrons. The van der Waals surface area contributed by atoms with Crippen molar-refractivity contribution in [1.29, 1.82) is 0 Å². The Labute approximate surface area is 121 Å². The van der Waals surface area contributed by atoms with E-state index in [1.54, 1.807) is 49.4 Å². The molecule has 100 valence electrons. The molecular weight excluding hydrogens is 274 g/mol. The summed E-state index contributed by atoms with van der Waals surface area (Å²) in [5.74, 6) is -0.267. The summed E-state index contributed by atoms with van der Waals surface area (Å²) in [6, 6.07) is 12.1. The van der Waals surface area contributed by atoms with Crippen molar-refractivity contribution in [2.75, 3.05) is 5.32 Å². The third-order valence-corrected chi connectivity index (χ3v) is 3.42. The van der Waals surface area contributed by atoms with E-state index in [0.717, 1.165) is 0 Å². The summed E-state index contributed by atoms with van der Waals surface area (Å²) in [7, 11) is 0. The number of carbonyl (C=O) groups is 2. The van der Waals surface area contributed by atoms with Gasteiger partial charge in [-0.1, -0.05) is 48.0 Å². The van der Waals surface area contributed by atoms with E-state index in [1.165, 1.54) is 0 Å². The molecule has 1 aliphatic rings. The highest BCUT2D eigenvalue weighted by atomic mass is 35.5. The Morgan fingerprint density at radius 3 is 2.15 bits per heavy atom. The molecule has 1 unspecified atom stereocenters. The summed E-state index contributed by atoms with van der Waals surface area (Å²) in [5.41, 5.74) is 2.00. The minimum absolute atomic E-state index is 0.124. The first-order valence-electron chi connectivity index (χ1n) is 6.31. The van der Waals surface area contributed by atoms with Gasteiger partial charge in [-0.3, -0.25) is 9.59 Å². The zero-order chi connectivity index (χ0) is 14.3. The number of hydrogen-bond acceptors (Lipinski definition) is 3. The van der Waals surface area contributed by atoms with Crippen LogP contribution >= 0.6 is 11.6 Å². The van der Waals surface area contributed by atoms with Gasteiger partial charge in [0.1, 0.15) is 0 Å². The van der Waals surface area contributed by atoms with Crippen LogP contribution in [0.4, 0.5) is 5.69 Å². The highest BCUT2D eigenvalue weighted by Gasteiger charge is 2.31. The van der Waals surface area contributed by atoms with E-state index in [1.807, 2.05) is 0 Å². The van der Waals surface area contributed by atoms with Crippen LogP contribution in [0.15, 0.2) is 42.5 Å². The molecule has 1 atom stereocenters. The molecule has 0 aliphatic heterocycles. The molecule has 2 aromatic rings. The average Bonchev–Trinajstić information content (AvgIpc) is 2.44. The molecule has 1 aliphatic carbocycles. The first-order valence-corrected chi connectivity index (χ1v) is 6.75. The number of fused-ring (bicyclic) bond motifs is 2. The van der Waals surface area contributed by atoms with Crippen LogP contribution < -0.4 is 5.32 Å². The predicted molar refractivity (Wildman–Crippen MR) is 78.7 cm³/mol. The second kappa shape index (κ2) is 4.76. The van der Waals surface area contributed by atoms with Crippen molar-refractivity contribution in [3.05, 3.63) is 64.7 Å². The molecule has 4 heteroatoms. The van der Waals surface area contributed by atoms with Crippen molar-refractivity contribution in [3.63, 3.8) is 0 Å². The quantitative estimate of drug-likeness (QED) is 0.579. The van der Waals surface area contributed by atoms with Gasteiger partial charge in [0.15, 0.2) is 11.6 Å². The number of anilines is 1. The molecule has 0 spiro atoms. The molecule has 3 nitrogen and oxygen atoms in total. The fraction of sp³-hybridized carbons (Fsp3) is 0.125. The van der Waals surface area contributed by atoms with Crippen LogP contribution in [-0.4, -0.2) is 17.1 Å². The van der Waals surface area contributed by atoms with Crippen molar-refractivity contribution in [2.45, 2.75) is 12.4 Å². The number of ketones is 2. The van der Waals surface area contributed by atoms with Crippen molar-refractivity contribution in [1.82, 2.24) is 0 Å². The van der Waals surface area contributed by atoms with E-state index < -0.39 is 0 Å². The number of nitrogens with one attached hydrogen (secondary N) is 1. The second-order valence-corrected chi connectivity index (χ2v) is 5.35. The smallest absolute Gasteiger partial charge is 0.196 e. The SMILES string of the molecule is CC(Cl)Nc1cccc2c1C(=O)c1ccccc1C2=O. The summed E-state index contributed by atoms with van der Waals surface area (Å²) in [6.45, 7) is 1.77. The number of carbonyl (C=O) groups excluding carboxylic acids is 2. The third-order valence-electron chi connectivity index (χ3n) is 3.31. The standard InChI is InChI=1S/C16H12ClNO2/c1-9(17)18-13-8-4-7-12-14(13)16(20)11-6-3-2-5-10(11)15(12)19/h2-9,18H,1H3. The molecule has 0 saturated carbocycles. The Morgan fingerprint density at radius 2 is 1.50 bits per heavy atom. The lowest BCUT2D eigenvalue weighted by Crippen LogP contribution is -2.23. The first-order chi connectivity index (χ1) is 9.59. The van der Waals surface area contributed by atoms with Gasteiger partial charge in [0.2, 0.25) is 0 Å². The molecule has 0 fully saturated rings. The van der Waals surface area contributed by atoms with Crippen LogP contribution in [-0.2, 0) is 0 Å². The van der Waals surface area contributed by atoms with Crippen LogP contribution in [0.1, 0.15) is 38.8 Å². The van der Waals surface area contributed by atoms with Crippen LogP contribution in [0.5, 0.6) is 0 Å². The summed E-state index contributed by atoms with van der Waals surface area (Å²) >= 11 is 5.93. The third kappa shape index (κ3) is 1.91. The number of benzene rings is 2. The Balaban J connectivity index is 2.23. The van der Waals surface area contributed by atoms with Gasteiger partial charge < -0.3 is 5.32 Å². The van der Waals surface area contributed by atoms with Crippen LogP contribution in [0.2, 0.25) is 0 Å². The summed E-state index contributed by atoms with van der Waals surface area (Å²) in [6.07, 6.45) is 0. The molecule has 1 N–H and O–H groups in total. The van der Waals surface area contributed by atoms with Gasteiger partial charge in [-0.25, -0.2) is 0 Å². The molecule has 3 rings (SSSR count). The van der Waals surface area contributed by atoms with Crippen LogP contribution in [0.3, 0.4) is 0 Å².